The molecule has 2 aliphatic rings. The van der Waals surface area contributed by atoms with E-state index in [2.05, 4.69) is 56.4 Å². The molecular weight excluding hydrogens is 344 g/mol. The van der Waals surface area contributed by atoms with Gasteiger partial charge in [-0.1, -0.05) is 38.8 Å². The summed E-state index contributed by atoms with van der Waals surface area (Å²) in [5.41, 5.74) is 4.71. The second kappa shape index (κ2) is 10.2. The molecule has 0 aromatic carbocycles. The van der Waals surface area contributed by atoms with E-state index in [0.717, 1.165) is 30.0 Å². The van der Waals surface area contributed by atoms with Crippen LogP contribution < -0.4 is 10.6 Å². The van der Waals surface area contributed by atoms with E-state index >= 15 is 0 Å². The Morgan fingerprint density at radius 3 is 2.82 bits per heavy atom. The van der Waals surface area contributed by atoms with Crippen LogP contribution in [0.1, 0.15) is 34.1 Å². The first-order valence-electron chi connectivity index (χ1n) is 10.3. The van der Waals surface area contributed by atoms with Crippen LogP contribution in [0.25, 0.3) is 0 Å². The van der Waals surface area contributed by atoms with Crippen molar-refractivity contribution in [3.63, 3.8) is 0 Å². The lowest BCUT2D eigenvalue weighted by Gasteiger charge is -2.19. The second-order valence-corrected chi connectivity index (χ2v) is 7.62. The topological polar surface area (TPSA) is 33.3 Å². The Morgan fingerprint density at radius 1 is 1.39 bits per heavy atom. The van der Waals surface area contributed by atoms with Gasteiger partial charge in [-0.3, -0.25) is 0 Å². The molecule has 3 nitrogen and oxygen atoms in total. The molecule has 4 atom stereocenters. The summed E-state index contributed by atoms with van der Waals surface area (Å²) in [6.45, 7) is 22.8. The molecule has 0 radical (unpaired) electrons. The van der Waals surface area contributed by atoms with Crippen LogP contribution in [0.2, 0.25) is 0 Å². The number of allylic oxidation sites excluding steroid dienone is 6. The molecule has 4 unspecified atom stereocenters. The van der Waals surface area contributed by atoms with Gasteiger partial charge in [-0.2, -0.15) is 0 Å². The highest BCUT2D eigenvalue weighted by Crippen LogP contribution is 2.55. The van der Waals surface area contributed by atoms with Gasteiger partial charge in [0.1, 0.15) is 5.76 Å². The molecule has 0 aromatic heterocycles. The van der Waals surface area contributed by atoms with Crippen LogP contribution in [0.4, 0.5) is 0 Å². The zero-order valence-corrected chi connectivity index (χ0v) is 17.9. The van der Waals surface area contributed by atoms with Crippen LogP contribution in [0.5, 0.6) is 0 Å². The van der Waals surface area contributed by atoms with E-state index in [4.69, 9.17) is 4.74 Å². The minimum Gasteiger partial charge on any atom is -0.494 e. The molecule has 1 heterocycles. The summed E-state index contributed by atoms with van der Waals surface area (Å²) in [6.07, 6.45) is 13.2. The lowest BCUT2D eigenvalue weighted by molar-refractivity contribution is 0.242. The van der Waals surface area contributed by atoms with Gasteiger partial charge in [-0.25, -0.2) is 0 Å². The van der Waals surface area contributed by atoms with Crippen molar-refractivity contribution in [1.29, 1.82) is 0 Å². The maximum Gasteiger partial charge on any atom is 0.115 e. The number of ether oxygens (including phenoxy) is 1. The van der Waals surface area contributed by atoms with Gasteiger partial charge in [0.15, 0.2) is 0 Å². The molecule has 1 saturated carbocycles. The SMILES string of the molecule is C=C1CCN/C=C\C=C1C1C(C)C1C(=C)NC(C)C(=C)/C=C\C(=C/C)OCC. The zero-order valence-electron chi connectivity index (χ0n) is 17.9. The van der Waals surface area contributed by atoms with Crippen LogP contribution in [-0.2, 0) is 4.74 Å². The Hall–Kier alpha value is -2.42. The standard InChI is InChI=1S/C25H36N2O/c1-8-22(28-9-2)13-12-17(3)20(6)27-21(7)24-19(5)25(24)23-11-10-15-26-16-14-18(23)4/h8,10-13,15,19-20,24-27H,3-4,7,9,14,16H2,1-2,5-6H3/b13-12-,15-10-,22-8+,23-11?. The first-order chi connectivity index (χ1) is 13.4. The summed E-state index contributed by atoms with van der Waals surface area (Å²) in [6, 6.07) is 0.121. The van der Waals surface area contributed by atoms with Crippen LogP contribution >= 0.6 is 0 Å². The van der Waals surface area contributed by atoms with Crippen molar-refractivity contribution in [2.75, 3.05) is 13.2 Å². The molecule has 28 heavy (non-hydrogen) atoms. The summed E-state index contributed by atoms with van der Waals surface area (Å²) in [7, 11) is 0. The fourth-order valence-corrected chi connectivity index (χ4v) is 3.80. The lowest BCUT2D eigenvalue weighted by atomic mass is 9.96. The third kappa shape index (κ3) is 5.54. The summed E-state index contributed by atoms with van der Waals surface area (Å²) < 4.78 is 5.55. The maximum atomic E-state index is 5.55. The fourth-order valence-electron chi connectivity index (χ4n) is 3.80. The molecular formula is C25H36N2O. The summed E-state index contributed by atoms with van der Waals surface area (Å²) in [5.74, 6) is 2.38. The van der Waals surface area contributed by atoms with Gasteiger partial charge in [0.2, 0.25) is 0 Å². The van der Waals surface area contributed by atoms with Gasteiger partial charge >= 0.3 is 0 Å². The Labute approximate surface area is 171 Å². The van der Waals surface area contributed by atoms with Gasteiger partial charge in [-0.15, -0.1) is 0 Å². The van der Waals surface area contributed by atoms with Crippen LogP contribution in [0.3, 0.4) is 0 Å². The van der Waals surface area contributed by atoms with Crippen molar-refractivity contribution >= 4 is 0 Å². The molecule has 0 bridgehead atoms. The predicted molar refractivity (Wildman–Crippen MR) is 121 cm³/mol. The Kier molecular flexibility index (Phi) is 7.98. The minimum atomic E-state index is 0.121. The number of hydrogen-bond donors (Lipinski definition) is 2. The van der Waals surface area contributed by atoms with Crippen LogP contribution in [-0.4, -0.2) is 19.2 Å². The van der Waals surface area contributed by atoms with Crippen molar-refractivity contribution < 1.29 is 4.74 Å². The summed E-state index contributed by atoms with van der Waals surface area (Å²) in [5, 5.41) is 6.83. The average Bonchev–Trinajstić information content (AvgIpc) is 3.32. The minimum absolute atomic E-state index is 0.121. The molecule has 1 aliphatic heterocycles. The van der Waals surface area contributed by atoms with Gasteiger partial charge in [-0.05, 0) is 80.2 Å². The monoisotopic (exact) mass is 380 g/mol. The fraction of sp³-hybridized carbons (Fsp3) is 0.440. The Bertz CT molecular complexity index is 723. The molecule has 152 valence electrons. The lowest BCUT2D eigenvalue weighted by Crippen LogP contribution is -2.27. The molecule has 3 heteroatoms. The van der Waals surface area contributed by atoms with E-state index < -0.39 is 0 Å². The Balaban J connectivity index is 1.96. The number of rotatable bonds is 9. The normalized spacial score (nSPS) is 27.1. The molecule has 1 fully saturated rings. The molecule has 2 rings (SSSR count). The van der Waals surface area contributed by atoms with Gasteiger partial charge < -0.3 is 15.4 Å². The highest BCUT2D eigenvalue weighted by atomic mass is 16.5. The van der Waals surface area contributed by atoms with Crippen molar-refractivity contribution in [2.24, 2.45) is 17.8 Å². The van der Waals surface area contributed by atoms with Gasteiger partial charge in [0.05, 0.1) is 6.61 Å². The van der Waals surface area contributed by atoms with Crippen LogP contribution in [0, 0.1) is 17.8 Å². The summed E-state index contributed by atoms with van der Waals surface area (Å²) >= 11 is 0. The number of hydrogen-bond acceptors (Lipinski definition) is 3. The van der Waals surface area contributed by atoms with Crippen molar-refractivity contribution in [2.45, 2.75) is 40.2 Å². The Morgan fingerprint density at radius 2 is 2.14 bits per heavy atom. The highest BCUT2D eigenvalue weighted by Gasteiger charge is 2.50. The smallest absolute Gasteiger partial charge is 0.115 e. The van der Waals surface area contributed by atoms with Gasteiger partial charge in [0, 0.05) is 24.2 Å². The third-order valence-corrected chi connectivity index (χ3v) is 5.62. The van der Waals surface area contributed by atoms with Crippen LogP contribution in [0.15, 0.2) is 84.5 Å². The first-order valence-corrected chi connectivity index (χ1v) is 10.3. The van der Waals surface area contributed by atoms with Gasteiger partial charge in [0.25, 0.3) is 0 Å². The predicted octanol–water partition coefficient (Wildman–Crippen LogP) is 5.40. The number of nitrogens with one attached hydrogen (secondary N) is 2. The van der Waals surface area contributed by atoms with Crippen molar-refractivity contribution in [3.05, 3.63) is 84.5 Å². The van der Waals surface area contributed by atoms with E-state index in [9.17, 15) is 0 Å². The van der Waals surface area contributed by atoms with E-state index in [1.54, 1.807) is 0 Å². The maximum absolute atomic E-state index is 5.55. The second-order valence-electron chi connectivity index (χ2n) is 7.62. The zero-order chi connectivity index (χ0) is 20.7. The highest BCUT2D eigenvalue weighted by molar-refractivity contribution is 5.42. The quantitative estimate of drug-likeness (QED) is 0.415. The van der Waals surface area contributed by atoms with E-state index in [0.29, 0.717) is 24.4 Å². The summed E-state index contributed by atoms with van der Waals surface area (Å²) in [4.78, 5) is 0. The first kappa shape index (κ1) is 21.9. The van der Waals surface area contributed by atoms with E-state index in [-0.39, 0.29) is 6.04 Å². The molecule has 0 spiro atoms. The molecule has 1 aliphatic carbocycles. The average molecular weight is 381 g/mol. The van der Waals surface area contributed by atoms with Crippen molar-refractivity contribution in [1.82, 2.24) is 10.6 Å². The molecule has 0 saturated heterocycles. The molecule has 2 N–H and O–H groups in total. The van der Waals surface area contributed by atoms with E-state index in [1.807, 2.05) is 38.3 Å². The molecule has 0 amide bonds. The van der Waals surface area contributed by atoms with Crippen molar-refractivity contribution in [3.8, 4) is 0 Å². The van der Waals surface area contributed by atoms with E-state index in [1.165, 1.54) is 11.1 Å². The third-order valence-electron chi connectivity index (χ3n) is 5.62. The molecule has 0 aromatic rings. The largest absolute Gasteiger partial charge is 0.494 e.